The Bertz CT molecular complexity index is 455. The molecule has 2 rings (SSSR count). The van der Waals surface area contributed by atoms with E-state index in [1.165, 1.54) is 16.3 Å². The van der Waals surface area contributed by atoms with Crippen LogP contribution >= 0.6 is 0 Å². The minimum atomic E-state index is 0.747. The summed E-state index contributed by atoms with van der Waals surface area (Å²) in [5.41, 5.74) is 4.82. The minimum absolute atomic E-state index is 0.747. The van der Waals surface area contributed by atoms with Crippen molar-refractivity contribution in [1.82, 2.24) is 0 Å². The average Bonchev–Trinajstić information content (AvgIpc) is 2.33. The highest BCUT2D eigenvalue weighted by molar-refractivity contribution is 6.59. The van der Waals surface area contributed by atoms with Gasteiger partial charge in [0.05, 0.1) is 0 Å². The van der Waals surface area contributed by atoms with E-state index in [1.807, 2.05) is 0 Å². The van der Waals surface area contributed by atoms with Crippen LogP contribution in [0, 0.1) is 6.92 Å². The molecule has 0 nitrogen and oxygen atoms in total. The van der Waals surface area contributed by atoms with Gasteiger partial charge in [0.1, 0.15) is 9.52 Å². The molecule has 0 bridgehead atoms. The molecular weight excluding hydrogens is 208 g/mol. The topological polar surface area (TPSA) is 0 Å². The summed E-state index contributed by atoms with van der Waals surface area (Å²) in [7, 11) is 0.747. The van der Waals surface area contributed by atoms with Gasteiger partial charge in [-0.1, -0.05) is 77.1 Å². The van der Waals surface area contributed by atoms with Crippen LogP contribution in [-0.4, -0.2) is 9.52 Å². The van der Waals surface area contributed by atoms with Gasteiger partial charge in [-0.25, -0.2) is 0 Å². The molecule has 0 fully saturated rings. The molecule has 0 aliphatic heterocycles. The van der Waals surface area contributed by atoms with Crippen molar-refractivity contribution in [2.45, 2.75) is 6.92 Å². The fourth-order valence-corrected chi connectivity index (χ4v) is 2.30. The fraction of sp³-hybridized carbons (Fsp3) is 0.0667. The van der Waals surface area contributed by atoms with Crippen LogP contribution in [0.5, 0.6) is 0 Å². The maximum absolute atomic E-state index is 2.24. The Morgan fingerprint density at radius 3 is 2.25 bits per heavy atom. The summed E-state index contributed by atoms with van der Waals surface area (Å²) >= 11 is 0. The molecule has 0 saturated carbocycles. The predicted molar refractivity (Wildman–Crippen MR) is 72.0 cm³/mol. The number of rotatable bonds is 3. The molecule has 0 amide bonds. The second-order valence-corrected chi connectivity index (χ2v) is 4.95. The maximum atomic E-state index is 2.24. The Kier molecular flexibility index (Phi) is 3.73. The summed E-state index contributed by atoms with van der Waals surface area (Å²) in [6, 6.07) is 19.1. The highest BCUT2D eigenvalue weighted by atomic mass is 28.2. The first-order chi connectivity index (χ1) is 7.84. The lowest BCUT2D eigenvalue weighted by molar-refractivity contribution is 1.46. The van der Waals surface area contributed by atoms with Gasteiger partial charge in [-0.2, -0.15) is 0 Å². The van der Waals surface area contributed by atoms with E-state index in [0.29, 0.717) is 0 Å². The summed E-state index contributed by atoms with van der Waals surface area (Å²) in [5, 5.41) is 1.38. The molecule has 0 heterocycles. The summed E-state index contributed by atoms with van der Waals surface area (Å²) in [6.45, 7) is 2.11. The number of hydrogen-bond donors (Lipinski definition) is 0. The van der Waals surface area contributed by atoms with Crippen LogP contribution in [-0.2, 0) is 0 Å². The Balaban J connectivity index is 1.98. The second kappa shape index (κ2) is 5.47. The second-order valence-electron chi connectivity index (χ2n) is 3.75. The van der Waals surface area contributed by atoms with Crippen molar-refractivity contribution < 1.29 is 0 Å². The zero-order chi connectivity index (χ0) is 11.2. The van der Waals surface area contributed by atoms with Crippen LogP contribution in [0.4, 0.5) is 0 Å². The van der Waals surface area contributed by atoms with Crippen LogP contribution in [0.25, 0.3) is 6.08 Å². The van der Waals surface area contributed by atoms with Gasteiger partial charge in [0.15, 0.2) is 0 Å². The lowest BCUT2D eigenvalue weighted by Gasteiger charge is -1.95. The number of hydrogen-bond acceptors (Lipinski definition) is 0. The van der Waals surface area contributed by atoms with Gasteiger partial charge in [-0.3, -0.25) is 0 Å². The Labute approximate surface area is 99.5 Å². The van der Waals surface area contributed by atoms with Crippen molar-refractivity contribution in [2.24, 2.45) is 0 Å². The molecule has 0 atom stereocenters. The smallest absolute Gasteiger partial charge is 0.0927 e. The van der Waals surface area contributed by atoms with Gasteiger partial charge in [0, 0.05) is 0 Å². The molecule has 0 aliphatic rings. The van der Waals surface area contributed by atoms with Crippen molar-refractivity contribution in [1.29, 1.82) is 0 Å². The van der Waals surface area contributed by atoms with E-state index in [1.54, 1.807) is 0 Å². The minimum Gasteiger partial charge on any atom is -0.0927 e. The van der Waals surface area contributed by atoms with Crippen LogP contribution in [0.2, 0.25) is 0 Å². The highest BCUT2D eigenvalue weighted by Crippen LogP contribution is 2.04. The maximum Gasteiger partial charge on any atom is 0.111 e. The molecule has 0 aliphatic carbocycles. The van der Waals surface area contributed by atoms with E-state index in [-0.39, 0.29) is 0 Å². The van der Waals surface area contributed by atoms with Gasteiger partial charge >= 0.3 is 0 Å². The van der Waals surface area contributed by atoms with Gasteiger partial charge in [0.2, 0.25) is 0 Å². The SMILES string of the molecule is Cc1ccc(/C=C\[Si]c2ccccc2)cc1. The van der Waals surface area contributed by atoms with E-state index in [0.717, 1.165) is 9.52 Å². The first kappa shape index (κ1) is 10.9. The number of benzene rings is 2. The molecule has 0 N–H and O–H groups in total. The zero-order valence-electron chi connectivity index (χ0n) is 9.35. The summed E-state index contributed by atoms with van der Waals surface area (Å²) in [5.74, 6) is 0. The fourth-order valence-electron chi connectivity index (χ4n) is 1.45. The zero-order valence-corrected chi connectivity index (χ0v) is 10.4. The Morgan fingerprint density at radius 2 is 1.56 bits per heavy atom. The van der Waals surface area contributed by atoms with E-state index in [9.17, 15) is 0 Å². The van der Waals surface area contributed by atoms with E-state index >= 15 is 0 Å². The van der Waals surface area contributed by atoms with Gasteiger partial charge in [-0.15, -0.1) is 0 Å². The van der Waals surface area contributed by atoms with E-state index in [2.05, 4.69) is 73.3 Å². The van der Waals surface area contributed by atoms with Crippen molar-refractivity contribution in [3.8, 4) is 0 Å². The molecular formula is C15H14Si. The molecule has 78 valence electrons. The van der Waals surface area contributed by atoms with Crippen molar-refractivity contribution >= 4 is 20.8 Å². The average molecular weight is 222 g/mol. The summed E-state index contributed by atoms with van der Waals surface area (Å²) in [4.78, 5) is 0. The molecule has 2 aromatic carbocycles. The first-order valence-electron chi connectivity index (χ1n) is 5.39. The molecule has 2 radical (unpaired) electrons. The standard InChI is InChI=1S/C15H14Si/c1-13-7-9-14(10-8-13)11-12-16-15-5-3-2-4-6-15/h2-12H,1H3/b12-11-. The van der Waals surface area contributed by atoms with Gasteiger partial charge in [0.25, 0.3) is 0 Å². The van der Waals surface area contributed by atoms with Crippen LogP contribution in [0.3, 0.4) is 0 Å². The third-order valence-corrected chi connectivity index (χ3v) is 3.38. The third-order valence-electron chi connectivity index (χ3n) is 2.38. The molecule has 16 heavy (non-hydrogen) atoms. The molecule has 1 heteroatoms. The van der Waals surface area contributed by atoms with Crippen molar-refractivity contribution in [3.05, 3.63) is 71.4 Å². The van der Waals surface area contributed by atoms with Crippen LogP contribution < -0.4 is 5.19 Å². The summed E-state index contributed by atoms with van der Waals surface area (Å²) < 4.78 is 0. The van der Waals surface area contributed by atoms with Crippen LogP contribution in [0.15, 0.2) is 60.3 Å². The first-order valence-corrected chi connectivity index (χ1v) is 6.47. The molecule has 0 spiro atoms. The van der Waals surface area contributed by atoms with Gasteiger partial charge < -0.3 is 0 Å². The normalized spacial score (nSPS) is 10.8. The van der Waals surface area contributed by atoms with Crippen molar-refractivity contribution in [3.63, 3.8) is 0 Å². The van der Waals surface area contributed by atoms with Crippen molar-refractivity contribution in [2.75, 3.05) is 0 Å². The quantitative estimate of drug-likeness (QED) is 0.700. The predicted octanol–water partition coefficient (Wildman–Crippen LogP) is 3.00. The highest BCUT2D eigenvalue weighted by Gasteiger charge is 1.89. The summed E-state index contributed by atoms with van der Waals surface area (Å²) in [6.07, 6.45) is 2.19. The molecule has 2 aromatic rings. The lowest BCUT2D eigenvalue weighted by Crippen LogP contribution is -2.09. The van der Waals surface area contributed by atoms with Gasteiger partial charge in [-0.05, 0) is 12.5 Å². The lowest BCUT2D eigenvalue weighted by atomic mass is 10.2. The molecule has 0 saturated heterocycles. The Hall–Kier alpha value is -1.60. The number of aryl methyl sites for hydroxylation is 1. The molecule has 0 unspecified atom stereocenters. The third kappa shape index (κ3) is 3.21. The Morgan fingerprint density at radius 1 is 0.875 bits per heavy atom. The monoisotopic (exact) mass is 222 g/mol. The van der Waals surface area contributed by atoms with E-state index in [4.69, 9.17) is 0 Å². The van der Waals surface area contributed by atoms with E-state index < -0.39 is 0 Å². The van der Waals surface area contributed by atoms with Crippen LogP contribution in [0.1, 0.15) is 11.1 Å². The largest absolute Gasteiger partial charge is 0.111 e. The molecule has 0 aromatic heterocycles.